The second kappa shape index (κ2) is 7.90. The molecular formula is C20H17N5O. The Morgan fingerprint density at radius 3 is 2.46 bits per heavy atom. The summed E-state index contributed by atoms with van der Waals surface area (Å²) >= 11 is 0. The molecule has 0 aliphatic rings. The number of hydrogen-bond acceptors (Lipinski definition) is 5. The zero-order valence-corrected chi connectivity index (χ0v) is 14.2. The van der Waals surface area contributed by atoms with E-state index >= 15 is 0 Å². The fraction of sp³-hybridized carbons (Fsp3) is 0.100. The first-order valence-electron chi connectivity index (χ1n) is 8.18. The maximum atomic E-state index is 12.4. The highest BCUT2D eigenvalue weighted by Crippen LogP contribution is 2.19. The molecule has 1 amide bonds. The molecule has 3 rings (SSSR count). The van der Waals surface area contributed by atoms with Gasteiger partial charge in [-0.15, -0.1) is 0 Å². The van der Waals surface area contributed by atoms with E-state index < -0.39 is 0 Å². The number of rotatable bonds is 5. The van der Waals surface area contributed by atoms with Gasteiger partial charge in [0.05, 0.1) is 23.6 Å². The van der Waals surface area contributed by atoms with E-state index in [1.165, 1.54) is 12.4 Å². The molecule has 0 atom stereocenters. The molecule has 1 heterocycles. The van der Waals surface area contributed by atoms with Gasteiger partial charge in [-0.3, -0.25) is 4.79 Å². The minimum Gasteiger partial charge on any atom is -0.338 e. The number of nitrogens with one attached hydrogen (secondary N) is 2. The van der Waals surface area contributed by atoms with Crippen LogP contribution in [0.1, 0.15) is 28.5 Å². The molecule has 0 aliphatic heterocycles. The van der Waals surface area contributed by atoms with Crippen LogP contribution in [0.15, 0.2) is 60.9 Å². The first kappa shape index (κ1) is 17.1. The zero-order chi connectivity index (χ0) is 18.4. The number of carbonyl (C=O) groups is 1. The zero-order valence-electron chi connectivity index (χ0n) is 14.2. The van der Waals surface area contributed by atoms with Crippen LogP contribution in [0.5, 0.6) is 0 Å². The highest BCUT2D eigenvalue weighted by molar-refractivity contribution is 6.03. The molecule has 128 valence electrons. The van der Waals surface area contributed by atoms with E-state index in [0.717, 1.165) is 17.7 Å². The second-order valence-electron chi connectivity index (χ2n) is 5.53. The summed E-state index contributed by atoms with van der Waals surface area (Å²) in [5.41, 5.74) is 3.19. The summed E-state index contributed by atoms with van der Waals surface area (Å²) < 4.78 is 0. The van der Waals surface area contributed by atoms with E-state index in [1.54, 1.807) is 18.2 Å². The Morgan fingerprint density at radius 1 is 1.04 bits per heavy atom. The lowest BCUT2D eigenvalue weighted by atomic mass is 10.1. The number of aryl methyl sites for hydroxylation is 1. The summed E-state index contributed by atoms with van der Waals surface area (Å²) in [6.07, 6.45) is 3.69. The second-order valence-corrected chi connectivity index (χ2v) is 5.53. The number of anilines is 3. The molecule has 0 fully saturated rings. The molecule has 0 saturated heterocycles. The molecule has 0 unspecified atom stereocenters. The van der Waals surface area contributed by atoms with Crippen LogP contribution in [-0.4, -0.2) is 15.9 Å². The molecule has 3 aromatic rings. The van der Waals surface area contributed by atoms with Crippen molar-refractivity contribution < 1.29 is 4.79 Å². The van der Waals surface area contributed by atoms with E-state index in [2.05, 4.69) is 26.7 Å². The normalized spacial score (nSPS) is 10.0. The smallest absolute Gasteiger partial charge is 0.275 e. The average Bonchev–Trinajstić information content (AvgIpc) is 2.69. The predicted octanol–water partition coefficient (Wildman–Crippen LogP) is 3.91. The number of aromatic nitrogens is 2. The van der Waals surface area contributed by atoms with Crippen molar-refractivity contribution >= 4 is 23.1 Å². The van der Waals surface area contributed by atoms with Crippen LogP contribution in [0.25, 0.3) is 0 Å². The van der Waals surface area contributed by atoms with Crippen molar-refractivity contribution in [2.75, 3.05) is 10.6 Å². The number of benzene rings is 2. The molecule has 2 aromatic carbocycles. The number of carbonyl (C=O) groups excluding carboxylic acids is 1. The maximum Gasteiger partial charge on any atom is 0.275 e. The highest BCUT2D eigenvalue weighted by atomic mass is 16.1. The van der Waals surface area contributed by atoms with Crippen LogP contribution >= 0.6 is 0 Å². The third-order valence-electron chi connectivity index (χ3n) is 3.84. The summed E-state index contributed by atoms with van der Waals surface area (Å²) in [6.45, 7) is 2.03. The Hall–Kier alpha value is -3.72. The van der Waals surface area contributed by atoms with Crippen molar-refractivity contribution in [3.63, 3.8) is 0 Å². The highest BCUT2D eigenvalue weighted by Gasteiger charge is 2.11. The van der Waals surface area contributed by atoms with Crippen molar-refractivity contribution in [1.29, 1.82) is 5.26 Å². The van der Waals surface area contributed by atoms with Crippen LogP contribution in [0.2, 0.25) is 0 Å². The van der Waals surface area contributed by atoms with Gasteiger partial charge >= 0.3 is 0 Å². The van der Waals surface area contributed by atoms with Crippen molar-refractivity contribution in [3.8, 4) is 6.07 Å². The summed E-state index contributed by atoms with van der Waals surface area (Å²) in [4.78, 5) is 20.7. The first-order valence-corrected chi connectivity index (χ1v) is 8.18. The Labute approximate surface area is 151 Å². The van der Waals surface area contributed by atoms with Gasteiger partial charge in [0.25, 0.3) is 5.91 Å². The fourth-order valence-corrected chi connectivity index (χ4v) is 2.47. The van der Waals surface area contributed by atoms with E-state index in [-0.39, 0.29) is 11.6 Å². The van der Waals surface area contributed by atoms with Crippen molar-refractivity contribution in [3.05, 3.63) is 77.7 Å². The summed E-state index contributed by atoms with van der Waals surface area (Å²) in [5.74, 6) is 0.139. The number of hydrogen-bond donors (Lipinski definition) is 2. The number of amides is 1. The van der Waals surface area contributed by atoms with Crippen molar-refractivity contribution in [2.24, 2.45) is 0 Å². The summed E-state index contributed by atoms with van der Waals surface area (Å²) in [7, 11) is 0. The Morgan fingerprint density at radius 2 is 1.77 bits per heavy atom. The Kier molecular flexibility index (Phi) is 5.20. The molecule has 0 spiro atoms. The lowest BCUT2D eigenvalue weighted by Gasteiger charge is -2.10. The Bertz CT molecular complexity index is 960. The van der Waals surface area contributed by atoms with Gasteiger partial charge in [0.2, 0.25) is 0 Å². The lowest BCUT2D eigenvalue weighted by molar-refractivity contribution is 0.102. The van der Waals surface area contributed by atoms with Crippen molar-refractivity contribution in [1.82, 2.24) is 9.97 Å². The molecule has 6 heteroatoms. The standard InChI is InChI=1S/C20H17N5O/c1-2-14-7-3-5-9-16(14)25-20(26)18-12-23-19(13-22-18)24-17-10-6-4-8-15(17)11-21/h3-10,12-13H,2H2,1H3,(H,23,24)(H,25,26). The van der Waals surface area contributed by atoms with Gasteiger partial charge in [-0.05, 0) is 30.2 Å². The molecule has 0 radical (unpaired) electrons. The van der Waals surface area contributed by atoms with E-state index in [9.17, 15) is 4.79 Å². The molecule has 0 aliphatic carbocycles. The van der Waals surface area contributed by atoms with Gasteiger partial charge in [-0.1, -0.05) is 37.3 Å². The van der Waals surface area contributed by atoms with Gasteiger partial charge in [-0.2, -0.15) is 5.26 Å². The molecule has 2 N–H and O–H groups in total. The van der Waals surface area contributed by atoms with Gasteiger partial charge in [-0.25, -0.2) is 9.97 Å². The average molecular weight is 343 g/mol. The number of para-hydroxylation sites is 2. The van der Waals surface area contributed by atoms with Crippen LogP contribution in [0, 0.1) is 11.3 Å². The summed E-state index contributed by atoms with van der Waals surface area (Å²) in [5, 5.41) is 15.0. The van der Waals surface area contributed by atoms with Gasteiger partial charge in [0.15, 0.2) is 0 Å². The summed E-state index contributed by atoms with van der Waals surface area (Å²) in [6, 6.07) is 16.9. The van der Waals surface area contributed by atoms with Crippen molar-refractivity contribution in [2.45, 2.75) is 13.3 Å². The minimum absolute atomic E-state index is 0.218. The molecule has 0 bridgehead atoms. The van der Waals surface area contributed by atoms with Crippen LogP contribution < -0.4 is 10.6 Å². The predicted molar refractivity (Wildman–Crippen MR) is 100 cm³/mol. The van der Waals surface area contributed by atoms with Gasteiger partial charge in [0.1, 0.15) is 17.6 Å². The third-order valence-corrected chi connectivity index (χ3v) is 3.84. The largest absolute Gasteiger partial charge is 0.338 e. The molecule has 0 saturated carbocycles. The van der Waals surface area contributed by atoms with Gasteiger partial charge < -0.3 is 10.6 Å². The molecular weight excluding hydrogens is 326 g/mol. The SMILES string of the molecule is CCc1ccccc1NC(=O)c1cnc(Nc2ccccc2C#N)cn1. The monoisotopic (exact) mass is 343 g/mol. The van der Waals surface area contributed by atoms with Crippen LogP contribution in [-0.2, 0) is 6.42 Å². The molecule has 6 nitrogen and oxygen atoms in total. The first-order chi connectivity index (χ1) is 12.7. The molecule has 26 heavy (non-hydrogen) atoms. The van der Waals surface area contributed by atoms with Crippen LogP contribution in [0.4, 0.5) is 17.2 Å². The number of nitriles is 1. The third kappa shape index (κ3) is 3.84. The lowest BCUT2D eigenvalue weighted by Crippen LogP contribution is -2.15. The molecule has 1 aromatic heterocycles. The Balaban J connectivity index is 1.73. The van der Waals surface area contributed by atoms with E-state index in [0.29, 0.717) is 17.1 Å². The topological polar surface area (TPSA) is 90.7 Å². The van der Waals surface area contributed by atoms with Gasteiger partial charge in [0, 0.05) is 5.69 Å². The van der Waals surface area contributed by atoms with E-state index in [4.69, 9.17) is 5.26 Å². The minimum atomic E-state index is -0.317. The fourth-order valence-electron chi connectivity index (χ4n) is 2.47. The van der Waals surface area contributed by atoms with E-state index in [1.807, 2.05) is 37.3 Å². The number of nitrogens with zero attached hydrogens (tertiary/aromatic N) is 3. The quantitative estimate of drug-likeness (QED) is 0.733. The van der Waals surface area contributed by atoms with Crippen LogP contribution in [0.3, 0.4) is 0 Å². The maximum absolute atomic E-state index is 12.4.